The van der Waals surface area contributed by atoms with E-state index in [1.54, 1.807) is 0 Å². The van der Waals surface area contributed by atoms with E-state index in [9.17, 15) is 9.59 Å². The second-order valence-corrected chi connectivity index (χ2v) is 4.33. The van der Waals surface area contributed by atoms with E-state index in [1.807, 2.05) is 13.8 Å². The van der Waals surface area contributed by atoms with Gasteiger partial charge in [-0.1, -0.05) is 13.8 Å². The van der Waals surface area contributed by atoms with Gasteiger partial charge in [-0.25, -0.2) is 4.79 Å². The van der Waals surface area contributed by atoms with Gasteiger partial charge >= 0.3 is 5.97 Å². The van der Waals surface area contributed by atoms with Crippen LogP contribution in [-0.4, -0.2) is 29.6 Å². The van der Waals surface area contributed by atoms with Crippen LogP contribution in [0.15, 0.2) is 0 Å². The van der Waals surface area contributed by atoms with Crippen molar-refractivity contribution in [1.29, 1.82) is 0 Å². The van der Waals surface area contributed by atoms with Crippen molar-refractivity contribution in [1.82, 2.24) is 5.32 Å². The van der Waals surface area contributed by atoms with E-state index in [-0.39, 0.29) is 11.8 Å². The SMILES string of the molecule is CC(C)CC(NC(=O)CCCCN)C(=O)O. The molecule has 0 aliphatic carbocycles. The molecule has 0 saturated carbocycles. The number of unbranched alkanes of at least 4 members (excludes halogenated alkanes) is 1. The Bertz CT molecular complexity index is 229. The van der Waals surface area contributed by atoms with E-state index >= 15 is 0 Å². The van der Waals surface area contributed by atoms with Gasteiger partial charge in [0.05, 0.1) is 0 Å². The third-order valence-electron chi connectivity index (χ3n) is 2.20. The summed E-state index contributed by atoms with van der Waals surface area (Å²) in [6.07, 6.45) is 2.29. The number of carbonyl (C=O) groups excluding carboxylic acids is 1. The number of hydrogen-bond donors (Lipinski definition) is 3. The van der Waals surface area contributed by atoms with Gasteiger partial charge in [-0.3, -0.25) is 4.79 Å². The summed E-state index contributed by atoms with van der Waals surface area (Å²) in [6, 6.07) is -0.773. The van der Waals surface area contributed by atoms with Crippen molar-refractivity contribution in [2.75, 3.05) is 6.54 Å². The van der Waals surface area contributed by atoms with Crippen LogP contribution in [0.4, 0.5) is 0 Å². The predicted molar refractivity (Wildman–Crippen MR) is 61.9 cm³/mol. The molecule has 0 aliphatic rings. The summed E-state index contributed by atoms with van der Waals surface area (Å²) in [5.74, 6) is -0.937. The number of carboxylic acid groups (broad SMARTS) is 1. The average molecular weight is 230 g/mol. The fourth-order valence-corrected chi connectivity index (χ4v) is 1.39. The molecule has 0 bridgehead atoms. The van der Waals surface area contributed by atoms with Gasteiger partial charge in [0.1, 0.15) is 6.04 Å². The van der Waals surface area contributed by atoms with Crippen LogP contribution in [-0.2, 0) is 9.59 Å². The monoisotopic (exact) mass is 230 g/mol. The highest BCUT2D eigenvalue weighted by Gasteiger charge is 2.20. The highest BCUT2D eigenvalue weighted by Crippen LogP contribution is 2.05. The maximum absolute atomic E-state index is 11.4. The Kier molecular flexibility index (Phi) is 7.54. The molecule has 94 valence electrons. The van der Waals surface area contributed by atoms with Crippen molar-refractivity contribution in [3.63, 3.8) is 0 Å². The number of nitrogens with one attached hydrogen (secondary N) is 1. The summed E-state index contributed by atoms with van der Waals surface area (Å²) in [5.41, 5.74) is 5.30. The molecule has 1 amide bonds. The quantitative estimate of drug-likeness (QED) is 0.536. The standard InChI is InChI=1S/C11H22N2O3/c1-8(2)7-9(11(15)16)13-10(14)5-3-4-6-12/h8-9H,3-7,12H2,1-2H3,(H,13,14)(H,15,16). The fraction of sp³-hybridized carbons (Fsp3) is 0.818. The smallest absolute Gasteiger partial charge is 0.326 e. The number of rotatable bonds is 8. The van der Waals surface area contributed by atoms with Crippen molar-refractivity contribution < 1.29 is 14.7 Å². The van der Waals surface area contributed by atoms with Crippen LogP contribution < -0.4 is 11.1 Å². The minimum absolute atomic E-state index is 0.207. The molecule has 0 spiro atoms. The second kappa shape index (κ2) is 8.10. The lowest BCUT2D eigenvalue weighted by molar-refractivity contribution is -0.142. The fourth-order valence-electron chi connectivity index (χ4n) is 1.39. The van der Waals surface area contributed by atoms with Crippen molar-refractivity contribution >= 4 is 11.9 Å². The largest absolute Gasteiger partial charge is 0.480 e. The van der Waals surface area contributed by atoms with Crippen molar-refractivity contribution in [2.24, 2.45) is 11.7 Å². The van der Waals surface area contributed by atoms with Gasteiger partial charge in [0.15, 0.2) is 0 Å². The second-order valence-electron chi connectivity index (χ2n) is 4.33. The number of carbonyl (C=O) groups is 2. The molecule has 5 nitrogen and oxygen atoms in total. The van der Waals surface area contributed by atoms with Crippen LogP contribution in [0.1, 0.15) is 39.5 Å². The van der Waals surface area contributed by atoms with E-state index in [2.05, 4.69) is 5.32 Å². The van der Waals surface area contributed by atoms with Crippen molar-refractivity contribution in [3.8, 4) is 0 Å². The Morgan fingerprint density at radius 1 is 1.31 bits per heavy atom. The lowest BCUT2D eigenvalue weighted by Crippen LogP contribution is -2.41. The maximum atomic E-state index is 11.4. The number of amides is 1. The summed E-state index contributed by atoms with van der Waals surface area (Å²) in [4.78, 5) is 22.3. The molecule has 16 heavy (non-hydrogen) atoms. The van der Waals surface area contributed by atoms with E-state index in [0.29, 0.717) is 25.8 Å². The number of aliphatic carboxylic acids is 1. The zero-order valence-corrected chi connectivity index (χ0v) is 10.0. The van der Waals surface area contributed by atoms with Gasteiger partial charge in [-0.2, -0.15) is 0 Å². The molecular weight excluding hydrogens is 208 g/mol. The number of nitrogens with two attached hydrogens (primary N) is 1. The minimum Gasteiger partial charge on any atom is -0.480 e. The van der Waals surface area contributed by atoms with E-state index < -0.39 is 12.0 Å². The van der Waals surface area contributed by atoms with Crippen LogP contribution in [0.5, 0.6) is 0 Å². The molecule has 0 aromatic heterocycles. The number of hydrogen-bond acceptors (Lipinski definition) is 3. The summed E-state index contributed by atoms with van der Waals surface area (Å²) in [7, 11) is 0. The van der Waals surface area contributed by atoms with Crippen LogP contribution in [0.3, 0.4) is 0 Å². The minimum atomic E-state index is -0.971. The first-order valence-corrected chi connectivity index (χ1v) is 5.69. The molecule has 0 radical (unpaired) electrons. The molecule has 5 heteroatoms. The Labute approximate surface area is 96.4 Å². The van der Waals surface area contributed by atoms with E-state index in [1.165, 1.54) is 0 Å². The summed E-state index contributed by atoms with van der Waals surface area (Å²) >= 11 is 0. The maximum Gasteiger partial charge on any atom is 0.326 e. The van der Waals surface area contributed by atoms with E-state index in [0.717, 1.165) is 6.42 Å². The first-order valence-electron chi connectivity index (χ1n) is 5.69. The molecule has 0 heterocycles. The third kappa shape index (κ3) is 7.23. The lowest BCUT2D eigenvalue weighted by atomic mass is 10.0. The summed E-state index contributed by atoms with van der Waals surface area (Å²) in [5, 5.41) is 11.4. The van der Waals surface area contributed by atoms with Gasteiger partial charge in [-0.05, 0) is 31.7 Å². The third-order valence-corrected chi connectivity index (χ3v) is 2.20. The van der Waals surface area contributed by atoms with Crippen LogP contribution in [0, 0.1) is 5.92 Å². The van der Waals surface area contributed by atoms with Gasteiger partial charge in [-0.15, -0.1) is 0 Å². The predicted octanol–water partition coefficient (Wildman–Crippen LogP) is 0.731. The topological polar surface area (TPSA) is 92.4 Å². The molecule has 4 N–H and O–H groups in total. The Morgan fingerprint density at radius 3 is 2.38 bits per heavy atom. The molecule has 1 unspecified atom stereocenters. The molecule has 0 aromatic carbocycles. The van der Waals surface area contributed by atoms with Crippen LogP contribution in [0.25, 0.3) is 0 Å². The van der Waals surface area contributed by atoms with Gasteiger partial charge in [0.2, 0.25) is 5.91 Å². The Morgan fingerprint density at radius 2 is 1.94 bits per heavy atom. The van der Waals surface area contributed by atoms with Gasteiger partial charge < -0.3 is 16.2 Å². The first-order chi connectivity index (χ1) is 7.47. The normalized spacial score (nSPS) is 12.5. The highest BCUT2D eigenvalue weighted by molar-refractivity contribution is 5.83. The molecular formula is C11H22N2O3. The first kappa shape index (κ1) is 14.9. The van der Waals surface area contributed by atoms with Crippen molar-refractivity contribution in [2.45, 2.75) is 45.6 Å². The molecule has 1 atom stereocenters. The average Bonchev–Trinajstić information content (AvgIpc) is 2.16. The van der Waals surface area contributed by atoms with Crippen LogP contribution in [0.2, 0.25) is 0 Å². The molecule has 0 aromatic rings. The van der Waals surface area contributed by atoms with Crippen molar-refractivity contribution in [3.05, 3.63) is 0 Å². The Hall–Kier alpha value is -1.10. The summed E-state index contributed by atoms with van der Waals surface area (Å²) in [6.45, 7) is 4.41. The zero-order chi connectivity index (χ0) is 12.6. The molecule has 0 fully saturated rings. The van der Waals surface area contributed by atoms with E-state index in [4.69, 9.17) is 10.8 Å². The zero-order valence-electron chi connectivity index (χ0n) is 10.0. The molecule has 0 saturated heterocycles. The van der Waals surface area contributed by atoms with Crippen LogP contribution >= 0.6 is 0 Å². The lowest BCUT2D eigenvalue weighted by Gasteiger charge is -2.16. The Balaban J connectivity index is 3.98. The number of carboxylic acids is 1. The molecule has 0 rings (SSSR count). The highest BCUT2D eigenvalue weighted by atomic mass is 16.4. The summed E-state index contributed by atoms with van der Waals surface area (Å²) < 4.78 is 0. The van der Waals surface area contributed by atoms with Gasteiger partial charge in [0, 0.05) is 6.42 Å². The van der Waals surface area contributed by atoms with Gasteiger partial charge in [0.25, 0.3) is 0 Å². The molecule has 0 aliphatic heterocycles.